The lowest BCUT2D eigenvalue weighted by atomic mass is 10.2. The van der Waals surface area contributed by atoms with Gasteiger partial charge in [-0.3, -0.25) is 0 Å². The lowest BCUT2D eigenvalue weighted by Crippen LogP contribution is -2.44. The van der Waals surface area contributed by atoms with Gasteiger partial charge >= 0.3 is 17.9 Å². The molecule has 10 heteroatoms. The fourth-order valence-corrected chi connectivity index (χ4v) is 2.53. The first-order valence-electron chi connectivity index (χ1n) is 9.54. The van der Waals surface area contributed by atoms with E-state index < -0.39 is 34.4 Å². The highest BCUT2D eigenvalue weighted by Gasteiger charge is 2.25. The predicted molar refractivity (Wildman–Crippen MR) is 117 cm³/mol. The van der Waals surface area contributed by atoms with Crippen molar-refractivity contribution in [1.29, 1.82) is 0 Å². The molecule has 1 amide bonds. The number of aromatic nitrogens is 1. The predicted octanol–water partition coefficient (Wildman–Crippen LogP) is 4.02. The van der Waals surface area contributed by atoms with Crippen molar-refractivity contribution in [2.75, 3.05) is 0 Å². The Morgan fingerprint density at radius 1 is 1.28 bits per heavy atom. The zero-order valence-corrected chi connectivity index (χ0v) is 18.5. The summed E-state index contributed by atoms with van der Waals surface area (Å²) in [5, 5.41) is 13.3. The van der Waals surface area contributed by atoms with Crippen molar-refractivity contribution in [3.63, 3.8) is 0 Å². The third kappa shape index (κ3) is 8.24. The van der Waals surface area contributed by atoms with Crippen molar-refractivity contribution in [2.45, 2.75) is 45.4 Å². The summed E-state index contributed by atoms with van der Waals surface area (Å²) in [6.07, 6.45) is 0.258. The largest absolute Gasteiger partial charge is 0.459 e. The number of alkyl carbamates (subject to hydrolysis) is 1. The van der Waals surface area contributed by atoms with Crippen molar-refractivity contribution < 1.29 is 24.0 Å². The van der Waals surface area contributed by atoms with E-state index in [4.69, 9.17) is 21.1 Å². The molecular weight excluding hydrogens is 438 g/mol. The Balaban J connectivity index is 2.12. The van der Waals surface area contributed by atoms with Crippen LogP contribution in [0.4, 0.5) is 10.6 Å². The number of benzene rings is 1. The maximum absolute atomic E-state index is 12.6. The van der Waals surface area contributed by atoms with Gasteiger partial charge in [0.1, 0.15) is 18.2 Å². The molecule has 168 valence electrons. The van der Waals surface area contributed by atoms with E-state index in [1.165, 1.54) is 0 Å². The number of hydrogen-bond donors (Lipinski definition) is 1. The molecule has 0 bridgehead atoms. The molecule has 0 aliphatic heterocycles. The van der Waals surface area contributed by atoms with Gasteiger partial charge in [0.15, 0.2) is 6.20 Å². The second-order valence-corrected chi connectivity index (χ2v) is 7.98. The molecule has 0 radical (unpaired) electrons. The Labute approximate surface area is 190 Å². The normalized spacial score (nSPS) is 11.5. The van der Waals surface area contributed by atoms with E-state index in [0.29, 0.717) is 0 Å². The van der Waals surface area contributed by atoms with E-state index in [0.717, 1.165) is 17.8 Å². The summed E-state index contributed by atoms with van der Waals surface area (Å²) in [6.45, 7) is 5.10. The number of halogens is 1. The van der Waals surface area contributed by atoms with E-state index >= 15 is 0 Å². The monoisotopic (exact) mass is 459 g/mol. The molecule has 0 fully saturated rings. The molecule has 1 aromatic heterocycles. The number of hydrogen-bond acceptors (Lipinski definition) is 7. The molecule has 0 saturated heterocycles. The molecule has 9 nitrogen and oxygen atoms in total. The molecule has 1 unspecified atom stereocenters. The van der Waals surface area contributed by atoms with Crippen molar-refractivity contribution in [1.82, 2.24) is 10.3 Å². The van der Waals surface area contributed by atoms with Gasteiger partial charge in [-0.15, -0.1) is 0 Å². The van der Waals surface area contributed by atoms with Gasteiger partial charge in [-0.05, 0) is 36.2 Å². The molecule has 0 saturated carbocycles. The standard InChI is InChI=1S/C22H22ClN3O6/c1-22(2,3)32-21(28)25-18(20(27)31-14-15-8-5-4-6-9-15)11-7-10-16-13-24-19(26(29)30)12-17(16)23/h4-6,8-9,12-13,18H,11,14H2,1-3H3,(H,25,28). The fourth-order valence-electron chi connectivity index (χ4n) is 2.33. The number of ether oxygens (including phenoxy) is 2. The molecule has 1 heterocycles. The van der Waals surface area contributed by atoms with Gasteiger partial charge in [0.25, 0.3) is 0 Å². The molecule has 0 spiro atoms. The Morgan fingerprint density at radius 2 is 1.97 bits per heavy atom. The number of rotatable bonds is 6. The molecule has 0 aliphatic carbocycles. The first kappa shape index (κ1) is 24.6. The van der Waals surface area contributed by atoms with Crippen LogP contribution in [0.15, 0.2) is 42.6 Å². The second-order valence-electron chi connectivity index (χ2n) is 7.58. The Hall–Kier alpha value is -3.64. The minimum absolute atomic E-state index is 0.0255. The summed E-state index contributed by atoms with van der Waals surface area (Å²) in [5.74, 6) is 4.32. The average molecular weight is 460 g/mol. The van der Waals surface area contributed by atoms with Crippen LogP contribution < -0.4 is 5.32 Å². The summed E-state index contributed by atoms with van der Waals surface area (Å²) < 4.78 is 10.5. The number of carbonyl (C=O) groups is 2. The average Bonchev–Trinajstić information content (AvgIpc) is 2.71. The zero-order chi connectivity index (χ0) is 23.7. The molecule has 1 N–H and O–H groups in total. The number of nitrogens with one attached hydrogen (secondary N) is 1. The molecule has 0 aliphatic rings. The third-order valence-electron chi connectivity index (χ3n) is 3.75. The topological polar surface area (TPSA) is 121 Å². The molecule has 32 heavy (non-hydrogen) atoms. The van der Waals surface area contributed by atoms with Crippen molar-refractivity contribution >= 4 is 29.5 Å². The minimum atomic E-state index is -1.11. The van der Waals surface area contributed by atoms with Crippen LogP contribution in [0.3, 0.4) is 0 Å². The first-order chi connectivity index (χ1) is 15.0. The van der Waals surface area contributed by atoms with Crippen LogP contribution in [-0.4, -0.2) is 33.6 Å². The first-order valence-corrected chi connectivity index (χ1v) is 9.92. The quantitative estimate of drug-likeness (QED) is 0.299. The summed E-state index contributed by atoms with van der Waals surface area (Å²) >= 11 is 6.00. The smallest absolute Gasteiger partial charge is 0.408 e. The molecule has 1 atom stereocenters. The van der Waals surface area contributed by atoms with Crippen LogP contribution in [0.5, 0.6) is 0 Å². The van der Waals surface area contributed by atoms with E-state index in [1.807, 2.05) is 18.2 Å². The van der Waals surface area contributed by atoms with E-state index in [1.54, 1.807) is 32.9 Å². The Morgan fingerprint density at radius 3 is 2.56 bits per heavy atom. The highest BCUT2D eigenvalue weighted by molar-refractivity contribution is 6.31. The maximum atomic E-state index is 12.6. The summed E-state index contributed by atoms with van der Waals surface area (Å²) in [5.41, 5.74) is 0.268. The van der Waals surface area contributed by atoms with E-state index in [2.05, 4.69) is 22.1 Å². The number of nitro groups is 1. The Kier molecular flexibility index (Phi) is 8.55. The lowest BCUT2D eigenvalue weighted by molar-refractivity contribution is -0.389. The zero-order valence-electron chi connectivity index (χ0n) is 17.8. The molecule has 1 aromatic carbocycles. The fraction of sp³-hybridized carbons (Fsp3) is 0.318. The summed E-state index contributed by atoms with van der Waals surface area (Å²) in [4.78, 5) is 38.5. The number of pyridine rings is 1. The highest BCUT2D eigenvalue weighted by atomic mass is 35.5. The van der Waals surface area contributed by atoms with Crippen LogP contribution >= 0.6 is 11.6 Å². The molecular formula is C22H22ClN3O6. The van der Waals surface area contributed by atoms with Gasteiger partial charge in [-0.2, -0.15) is 0 Å². The molecule has 2 rings (SSSR count). The number of nitrogens with zero attached hydrogens (tertiary/aromatic N) is 2. The van der Waals surface area contributed by atoms with Gasteiger partial charge in [-0.1, -0.05) is 53.8 Å². The highest BCUT2D eigenvalue weighted by Crippen LogP contribution is 2.19. The van der Waals surface area contributed by atoms with Crippen LogP contribution in [0.1, 0.15) is 38.3 Å². The van der Waals surface area contributed by atoms with Gasteiger partial charge in [0.05, 0.1) is 16.7 Å². The van der Waals surface area contributed by atoms with Crippen molar-refractivity contribution in [3.8, 4) is 11.8 Å². The van der Waals surface area contributed by atoms with Crippen LogP contribution in [0, 0.1) is 22.0 Å². The maximum Gasteiger partial charge on any atom is 0.408 e. The summed E-state index contributed by atoms with van der Waals surface area (Å²) in [6, 6.07) is 9.04. The number of carbonyl (C=O) groups excluding carboxylic acids is 2. The van der Waals surface area contributed by atoms with Crippen LogP contribution in [0.2, 0.25) is 5.02 Å². The SMILES string of the molecule is CC(C)(C)OC(=O)NC(CC#Cc1cnc([N+](=O)[O-])cc1Cl)C(=O)OCc1ccccc1. The van der Waals surface area contributed by atoms with Gasteiger partial charge in [-0.25, -0.2) is 9.59 Å². The summed E-state index contributed by atoms with van der Waals surface area (Å²) in [7, 11) is 0. The molecule has 2 aromatic rings. The van der Waals surface area contributed by atoms with Crippen LogP contribution in [0.25, 0.3) is 0 Å². The van der Waals surface area contributed by atoms with Gasteiger partial charge < -0.3 is 24.9 Å². The van der Waals surface area contributed by atoms with Crippen molar-refractivity contribution in [2.24, 2.45) is 0 Å². The van der Waals surface area contributed by atoms with Crippen LogP contribution in [-0.2, 0) is 20.9 Å². The second kappa shape index (κ2) is 11.1. The Bertz CT molecular complexity index is 1040. The minimum Gasteiger partial charge on any atom is -0.459 e. The lowest BCUT2D eigenvalue weighted by Gasteiger charge is -2.22. The third-order valence-corrected chi connectivity index (χ3v) is 4.07. The van der Waals surface area contributed by atoms with Gasteiger partial charge in [0, 0.05) is 6.42 Å². The van der Waals surface area contributed by atoms with E-state index in [-0.39, 0.29) is 23.6 Å². The number of esters is 1. The number of amides is 1. The van der Waals surface area contributed by atoms with Crippen molar-refractivity contribution in [3.05, 3.63) is 68.9 Å². The van der Waals surface area contributed by atoms with E-state index in [9.17, 15) is 19.7 Å². The van der Waals surface area contributed by atoms with Gasteiger partial charge in [0.2, 0.25) is 0 Å².